The maximum Gasteiger partial charge on any atom is 0.416 e. The van der Waals surface area contributed by atoms with Crippen molar-refractivity contribution in [3.8, 4) is 0 Å². The van der Waals surface area contributed by atoms with E-state index < -0.39 is 40.8 Å². The first-order valence-corrected chi connectivity index (χ1v) is 9.47. The summed E-state index contributed by atoms with van der Waals surface area (Å²) in [6.07, 6.45) is -10.1. The van der Waals surface area contributed by atoms with E-state index >= 15 is 0 Å². The van der Waals surface area contributed by atoms with E-state index in [4.69, 9.17) is 0 Å². The van der Waals surface area contributed by atoms with Crippen molar-refractivity contribution in [1.29, 1.82) is 0 Å². The largest absolute Gasteiger partial charge is 0.416 e. The highest BCUT2D eigenvalue weighted by Crippen LogP contribution is 2.37. The molecule has 0 saturated carbocycles. The van der Waals surface area contributed by atoms with Crippen molar-refractivity contribution in [2.45, 2.75) is 18.1 Å². The number of halogens is 7. The molecule has 0 saturated heterocycles. The summed E-state index contributed by atoms with van der Waals surface area (Å²) in [5, 5.41) is 0.176. The van der Waals surface area contributed by atoms with Crippen molar-refractivity contribution in [2.24, 2.45) is 4.99 Å². The standard InChI is InChI=1S/C19H13F7N2OS/c20-15-3-1-11(2-4-15)10-30-17-27-5-6-28(17)16(29)12-7-13(18(21,22)23)9-14(8-12)19(24,25)26/h1-4,7-9H,5-6,10H2. The van der Waals surface area contributed by atoms with Gasteiger partial charge in [-0.25, -0.2) is 4.39 Å². The number of amidine groups is 1. The third-order valence-electron chi connectivity index (χ3n) is 4.16. The number of rotatable bonds is 3. The Hall–Kier alpha value is -2.56. The van der Waals surface area contributed by atoms with Gasteiger partial charge in [0, 0.05) is 17.9 Å². The maximum atomic E-state index is 13.0. The molecule has 0 aromatic heterocycles. The van der Waals surface area contributed by atoms with Crippen LogP contribution >= 0.6 is 11.8 Å². The molecular formula is C19H13F7N2OS. The van der Waals surface area contributed by atoms with Crippen LogP contribution in [0.25, 0.3) is 0 Å². The molecule has 30 heavy (non-hydrogen) atoms. The quantitative estimate of drug-likeness (QED) is 0.570. The number of benzene rings is 2. The van der Waals surface area contributed by atoms with Gasteiger partial charge in [0.2, 0.25) is 0 Å². The predicted octanol–water partition coefficient (Wildman–Crippen LogP) is 5.61. The van der Waals surface area contributed by atoms with Gasteiger partial charge in [0.15, 0.2) is 5.17 Å². The van der Waals surface area contributed by atoms with Crippen molar-refractivity contribution >= 4 is 22.8 Å². The monoisotopic (exact) mass is 450 g/mol. The minimum absolute atomic E-state index is 0.0287. The Balaban J connectivity index is 1.84. The number of alkyl halides is 6. The zero-order valence-electron chi connectivity index (χ0n) is 15.0. The molecule has 2 aromatic rings. The van der Waals surface area contributed by atoms with Crippen LogP contribution in [0.5, 0.6) is 0 Å². The van der Waals surface area contributed by atoms with Crippen molar-refractivity contribution in [3.63, 3.8) is 0 Å². The van der Waals surface area contributed by atoms with Crippen LogP contribution in [0.1, 0.15) is 27.0 Å². The van der Waals surface area contributed by atoms with E-state index in [9.17, 15) is 35.5 Å². The first kappa shape index (κ1) is 22.1. The van der Waals surface area contributed by atoms with Crippen LogP contribution < -0.4 is 0 Å². The smallest absolute Gasteiger partial charge is 0.286 e. The maximum absolute atomic E-state index is 13.0. The van der Waals surface area contributed by atoms with Crippen molar-refractivity contribution in [1.82, 2.24) is 4.90 Å². The first-order chi connectivity index (χ1) is 13.9. The molecule has 3 nitrogen and oxygen atoms in total. The highest BCUT2D eigenvalue weighted by molar-refractivity contribution is 8.13. The second kappa shape index (κ2) is 8.29. The molecule has 0 aliphatic carbocycles. The zero-order chi connectivity index (χ0) is 22.1. The zero-order valence-corrected chi connectivity index (χ0v) is 15.8. The van der Waals surface area contributed by atoms with E-state index in [1.165, 1.54) is 24.3 Å². The van der Waals surface area contributed by atoms with Gasteiger partial charge in [-0.15, -0.1) is 0 Å². The van der Waals surface area contributed by atoms with Gasteiger partial charge < -0.3 is 0 Å². The Kier molecular flexibility index (Phi) is 6.11. The molecule has 0 unspecified atom stereocenters. The minimum Gasteiger partial charge on any atom is -0.286 e. The second-order valence-electron chi connectivity index (χ2n) is 6.33. The Morgan fingerprint density at radius 1 is 0.967 bits per heavy atom. The highest BCUT2D eigenvalue weighted by atomic mass is 32.2. The molecule has 2 aromatic carbocycles. The van der Waals surface area contributed by atoms with E-state index in [2.05, 4.69) is 4.99 Å². The van der Waals surface area contributed by atoms with Gasteiger partial charge in [-0.3, -0.25) is 14.7 Å². The lowest BCUT2D eigenvalue weighted by atomic mass is 10.0. The molecular weight excluding hydrogens is 437 g/mol. The summed E-state index contributed by atoms with van der Waals surface area (Å²) in [5.74, 6) is -1.14. The molecule has 0 fully saturated rings. The van der Waals surface area contributed by atoms with Crippen LogP contribution in [0, 0.1) is 5.82 Å². The molecule has 0 bridgehead atoms. The Labute approximate surface area is 170 Å². The van der Waals surface area contributed by atoms with Gasteiger partial charge in [-0.2, -0.15) is 26.3 Å². The molecule has 11 heteroatoms. The van der Waals surface area contributed by atoms with Crippen LogP contribution in [-0.4, -0.2) is 29.1 Å². The summed E-state index contributed by atoms with van der Waals surface area (Å²) in [6.45, 7) is 0.199. The number of hydrogen-bond acceptors (Lipinski definition) is 3. The van der Waals surface area contributed by atoms with Gasteiger partial charge in [0.25, 0.3) is 5.91 Å². The van der Waals surface area contributed by atoms with E-state index in [0.717, 1.165) is 16.7 Å². The van der Waals surface area contributed by atoms with Gasteiger partial charge in [0.05, 0.1) is 17.7 Å². The summed E-state index contributed by atoms with van der Waals surface area (Å²) in [6, 6.07) is 6.31. The molecule has 3 rings (SSSR count). The fraction of sp³-hybridized carbons (Fsp3) is 0.263. The number of carbonyl (C=O) groups is 1. The van der Waals surface area contributed by atoms with Gasteiger partial charge in [-0.05, 0) is 35.9 Å². The Morgan fingerprint density at radius 3 is 2.07 bits per heavy atom. The van der Waals surface area contributed by atoms with Gasteiger partial charge in [-0.1, -0.05) is 23.9 Å². The van der Waals surface area contributed by atoms with E-state index in [1.807, 2.05) is 0 Å². The van der Waals surface area contributed by atoms with Crippen molar-refractivity contribution < 1.29 is 35.5 Å². The topological polar surface area (TPSA) is 32.7 Å². The molecule has 0 radical (unpaired) electrons. The average molecular weight is 450 g/mol. The molecule has 0 spiro atoms. The number of nitrogens with zero attached hydrogens (tertiary/aromatic N) is 2. The Bertz CT molecular complexity index is 936. The van der Waals surface area contributed by atoms with E-state index in [-0.39, 0.29) is 24.3 Å². The lowest BCUT2D eigenvalue weighted by molar-refractivity contribution is -0.143. The summed E-state index contributed by atoms with van der Waals surface area (Å²) >= 11 is 1.08. The summed E-state index contributed by atoms with van der Waals surface area (Å²) in [4.78, 5) is 17.9. The second-order valence-corrected chi connectivity index (χ2v) is 7.27. The summed E-state index contributed by atoms with van der Waals surface area (Å²) in [5.41, 5.74) is -3.13. The van der Waals surface area contributed by atoms with E-state index in [0.29, 0.717) is 23.4 Å². The normalized spacial score (nSPS) is 14.8. The molecule has 160 valence electrons. The molecule has 1 amide bonds. The molecule has 1 aliphatic rings. The van der Waals surface area contributed by atoms with Crippen molar-refractivity contribution in [3.05, 3.63) is 70.5 Å². The first-order valence-electron chi connectivity index (χ1n) is 8.48. The number of hydrogen-bond donors (Lipinski definition) is 0. The number of carbonyl (C=O) groups excluding carboxylic acids is 1. The van der Waals surface area contributed by atoms with Crippen LogP contribution in [0.4, 0.5) is 30.7 Å². The van der Waals surface area contributed by atoms with Crippen molar-refractivity contribution in [2.75, 3.05) is 13.1 Å². The summed E-state index contributed by atoms with van der Waals surface area (Å²) < 4.78 is 91.2. The fourth-order valence-corrected chi connectivity index (χ4v) is 3.70. The molecule has 0 N–H and O–H groups in total. The lowest BCUT2D eigenvalue weighted by Crippen LogP contribution is -2.33. The molecule has 1 aliphatic heterocycles. The van der Waals surface area contributed by atoms with Crippen LogP contribution in [-0.2, 0) is 18.1 Å². The third kappa shape index (κ3) is 5.13. The number of thioether (sulfide) groups is 1. The van der Waals surface area contributed by atoms with Gasteiger partial charge in [0.1, 0.15) is 5.82 Å². The fourth-order valence-electron chi connectivity index (χ4n) is 2.70. The lowest BCUT2D eigenvalue weighted by Gasteiger charge is -2.20. The number of amides is 1. The van der Waals surface area contributed by atoms with Gasteiger partial charge >= 0.3 is 12.4 Å². The molecule has 1 heterocycles. The average Bonchev–Trinajstić information content (AvgIpc) is 3.14. The van der Waals surface area contributed by atoms with Crippen LogP contribution in [0.2, 0.25) is 0 Å². The Morgan fingerprint density at radius 2 is 1.53 bits per heavy atom. The molecule has 0 atom stereocenters. The summed E-state index contributed by atoms with van der Waals surface area (Å²) in [7, 11) is 0. The predicted molar refractivity (Wildman–Crippen MR) is 97.5 cm³/mol. The van der Waals surface area contributed by atoms with Crippen LogP contribution in [0.3, 0.4) is 0 Å². The SMILES string of the molecule is O=C(c1cc(C(F)(F)F)cc(C(F)(F)F)c1)N1CCN=C1SCc1ccc(F)cc1. The number of aliphatic imine (C=N–C) groups is 1. The highest BCUT2D eigenvalue weighted by Gasteiger charge is 2.38. The van der Waals surface area contributed by atoms with E-state index in [1.54, 1.807) is 0 Å². The van der Waals surface area contributed by atoms with Crippen LogP contribution in [0.15, 0.2) is 47.5 Å². The minimum atomic E-state index is -5.05. The third-order valence-corrected chi connectivity index (χ3v) is 5.25.